The molecular formula is C27H31NO7. The van der Waals surface area contributed by atoms with E-state index in [4.69, 9.17) is 15.2 Å². The van der Waals surface area contributed by atoms with Gasteiger partial charge in [0.15, 0.2) is 17.9 Å². The van der Waals surface area contributed by atoms with E-state index in [0.29, 0.717) is 40.7 Å². The van der Waals surface area contributed by atoms with Crippen molar-refractivity contribution in [1.29, 1.82) is 0 Å². The zero-order chi connectivity index (χ0) is 25.4. The molecule has 0 aromatic heterocycles. The molecule has 186 valence electrons. The maximum atomic E-state index is 13.6. The molecule has 0 bridgehead atoms. The minimum absolute atomic E-state index is 0.0515. The quantitative estimate of drug-likeness (QED) is 0.438. The molecule has 3 aliphatic rings. The van der Waals surface area contributed by atoms with Crippen LogP contribution in [0.4, 0.5) is 0 Å². The fourth-order valence-electron chi connectivity index (χ4n) is 5.99. The average molecular weight is 482 g/mol. The largest absolute Gasteiger partial charge is 0.507 e. The molecule has 8 nitrogen and oxygen atoms in total. The van der Waals surface area contributed by atoms with E-state index >= 15 is 0 Å². The van der Waals surface area contributed by atoms with Crippen molar-refractivity contribution in [3.8, 4) is 5.75 Å². The Balaban J connectivity index is 1.66. The molecular weight excluding hydrogens is 450 g/mol. The lowest BCUT2D eigenvalue weighted by atomic mass is 9.70. The van der Waals surface area contributed by atoms with Crippen molar-refractivity contribution in [3.63, 3.8) is 0 Å². The number of phenolic OH excluding ortho intramolecular Hbond substituents is 1. The van der Waals surface area contributed by atoms with Crippen molar-refractivity contribution < 1.29 is 34.4 Å². The Morgan fingerprint density at radius 3 is 2.54 bits per heavy atom. The van der Waals surface area contributed by atoms with Gasteiger partial charge in [0.2, 0.25) is 0 Å². The fourth-order valence-corrected chi connectivity index (χ4v) is 5.99. The summed E-state index contributed by atoms with van der Waals surface area (Å²) in [6, 6.07) is 4.57. The highest BCUT2D eigenvalue weighted by molar-refractivity contribution is 6.30. The fraction of sp³-hybridized carbons (Fsp3) is 0.481. The second-order valence-corrected chi connectivity index (χ2v) is 10.3. The summed E-state index contributed by atoms with van der Waals surface area (Å²) in [4.78, 5) is 27.2. The van der Waals surface area contributed by atoms with Gasteiger partial charge in [-0.25, -0.2) is 0 Å². The van der Waals surface area contributed by atoms with Crippen LogP contribution in [0.25, 0.3) is 0 Å². The number of nitrogens with two attached hydrogens (primary N) is 1. The molecule has 5 N–H and O–H groups in total. The zero-order valence-corrected chi connectivity index (χ0v) is 20.3. The summed E-state index contributed by atoms with van der Waals surface area (Å²) >= 11 is 0. The Morgan fingerprint density at radius 2 is 1.86 bits per heavy atom. The smallest absolute Gasteiger partial charge is 0.198 e. The molecule has 1 heterocycles. The van der Waals surface area contributed by atoms with Crippen LogP contribution in [0.2, 0.25) is 0 Å². The van der Waals surface area contributed by atoms with Crippen molar-refractivity contribution in [2.24, 2.45) is 5.73 Å². The topological polar surface area (TPSA) is 139 Å². The number of carbonyl (C=O) groups excluding carboxylic acids is 2. The van der Waals surface area contributed by atoms with Crippen molar-refractivity contribution >= 4 is 11.6 Å². The summed E-state index contributed by atoms with van der Waals surface area (Å²) in [5, 5.41) is 33.0. The molecule has 2 aromatic rings. The Morgan fingerprint density at radius 1 is 1.14 bits per heavy atom. The van der Waals surface area contributed by atoms with E-state index in [1.165, 1.54) is 0 Å². The molecule has 1 saturated heterocycles. The van der Waals surface area contributed by atoms with Crippen LogP contribution in [0.3, 0.4) is 0 Å². The number of rotatable bonds is 2. The number of fused-ring (bicyclic) bond motifs is 3. The summed E-state index contributed by atoms with van der Waals surface area (Å²) in [6.45, 7) is 6.81. The normalized spacial score (nSPS) is 32.1. The molecule has 5 rings (SSSR count). The van der Waals surface area contributed by atoms with Crippen LogP contribution in [0, 0.1) is 13.8 Å². The molecule has 2 aliphatic carbocycles. The molecule has 0 spiro atoms. The number of hydrogen-bond acceptors (Lipinski definition) is 8. The number of aryl methyl sites for hydroxylation is 1. The first-order valence-electron chi connectivity index (χ1n) is 12.0. The number of carbonyl (C=O) groups is 2. The lowest BCUT2D eigenvalue weighted by molar-refractivity contribution is -0.244. The first kappa shape index (κ1) is 24.1. The third-order valence-electron chi connectivity index (χ3n) is 7.78. The van der Waals surface area contributed by atoms with Gasteiger partial charge in [-0.05, 0) is 57.2 Å². The number of aliphatic hydroxyl groups excluding tert-OH is 1. The lowest BCUT2D eigenvalue weighted by Crippen LogP contribution is -2.52. The Labute approximate surface area is 203 Å². The predicted octanol–water partition coefficient (Wildman–Crippen LogP) is 2.67. The third kappa shape index (κ3) is 3.55. The number of benzene rings is 2. The average Bonchev–Trinajstić information content (AvgIpc) is 2.79. The lowest BCUT2D eigenvalue weighted by Gasteiger charge is -2.42. The molecule has 0 radical (unpaired) electrons. The van der Waals surface area contributed by atoms with Crippen LogP contribution in [-0.4, -0.2) is 51.4 Å². The molecule has 4 unspecified atom stereocenters. The van der Waals surface area contributed by atoms with Gasteiger partial charge >= 0.3 is 0 Å². The molecule has 1 aliphatic heterocycles. The van der Waals surface area contributed by atoms with Gasteiger partial charge in [-0.3, -0.25) is 9.59 Å². The summed E-state index contributed by atoms with van der Waals surface area (Å²) in [7, 11) is 0. The Bertz CT molecular complexity index is 1240. The van der Waals surface area contributed by atoms with Crippen LogP contribution in [0.5, 0.6) is 5.75 Å². The van der Waals surface area contributed by atoms with E-state index in [9.17, 15) is 24.9 Å². The summed E-state index contributed by atoms with van der Waals surface area (Å²) < 4.78 is 12.0. The molecule has 35 heavy (non-hydrogen) atoms. The number of ketones is 2. The van der Waals surface area contributed by atoms with E-state index in [0.717, 1.165) is 0 Å². The summed E-state index contributed by atoms with van der Waals surface area (Å²) in [5.41, 5.74) is 7.18. The highest BCUT2D eigenvalue weighted by Crippen LogP contribution is 2.52. The predicted molar refractivity (Wildman–Crippen MR) is 126 cm³/mol. The van der Waals surface area contributed by atoms with Crippen molar-refractivity contribution in [3.05, 3.63) is 62.7 Å². The highest BCUT2D eigenvalue weighted by atomic mass is 16.7. The van der Waals surface area contributed by atoms with Crippen LogP contribution in [0.15, 0.2) is 18.2 Å². The standard InChI is InChI=1S/C27H31NO7/c1-11-6-5-7-14-18(11)25(31)21-19(24(14)30)12(2)22-20(26(21)32)16(8-9-27(22,4)33)35-17-10-15(28)23(29)13(3)34-17/h5-7,13,15-17,23,29,32-33H,8-10,28H2,1-4H3/t13?,15?,16-,17?,23?,27+/m0/s1. The molecule has 6 atom stereocenters. The van der Waals surface area contributed by atoms with E-state index in [1.54, 1.807) is 45.9 Å². The van der Waals surface area contributed by atoms with Gasteiger partial charge in [0.25, 0.3) is 0 Å². The van der Waals surface area contributed by atoms with Gasteiger partial charge in [0, 0.05) is 34.7 Å². The van der Waals surface area contributed by atoms with Crippen molar-refractivity contribution in [2.45, 2.75) is 83.2 Å². The number of aromatic hydroxyl groups is 1. The minimum atomic E-state index is -1.34. The maximum Gasteiger partial charge on any atom is 0.198 e. The monoisotopic (exact) mass is 481 g/mol. The van der Waals surface area contributed by atoms with Gasteiger partial charge in [-0.1, -0.05) is 18.2 Å². The molecule has 0 amide bonds. The maximum absolute atomic E-state index is 13.6. The second kappa shape index (κ2) is 8.21. The first-order chi connectivity index (χ1) is 16.4. The number of hydrogen-bond donors (Lipinski definition) is 4. The Kier molecular flexibility index (Phi) is 5.65. The van der Waals surface area contributed by atoms with Crippen molar-refractivity contribution in [2.75, 3.05) is 0 Å². The van der Waals surface area contributed by atoms with Gasteiger partial charge in [0.1, 0.15) is 5.75 Å². The van der Waals surface area contributed by atoms with Gasteiger partial charge in [-0.15, -0.1) is 0 Å². The van der Waals surface area contributed by atoms with Gasteiger partial charge < -0.3 is 30.5 Å². The summed E-state index contributed by atoms with van der Waals surface area (Å²) in [5.74, 6) is -1.11. The van der Waals surface area contributed by atoms with E-state index < -0.39 is 42.0 Å². The first-order valence-corrected chi connectivity index (χ1v) is 12.0. The van der Waals surface area contributed by atoms with Crippen LogP contribution in [-0.2, 0) is 15.1 Å². The molecule has 2 aromatic carbocycles. The van der Waals surface area contributed by atoms with E-state index in [2.05, 4.69) is 0 Å². The summed E-state index contributed by atoms with van der Waals surface area (Å²) in [6.07, 6.45) is -1.86. The van der Waals surface area contributed by atoms with Crippen LogP contribution >= 0.6 is 0 Å². The van der Waals surface area contributed by atoms with Crippen LogP contribution in [0.1, 0.15) is 93.3 Å². The van der Waals surface area contributed by atoms with Crippen molar-refractivity contribution in [1.82, 2.24) is 0 Å². The Hall–Kier alpha value is -2.62. The van der Waals surface area contributed by atoms with Crippen LogP contribution < -0.4 is 5.73 Å². The van der Waals surface area contributed by atoms with E-state index in [-0.39, 0.29) is 34.6 Å². The van der Waals surface area contributed by atoms with Gasteiger partial charge in [-0.2, -0.15) is 0 Å². The number of aliphatic hydroxyl groups is 2. The molecule has 8 heteroatoms. The number of ether oxygens (including phenoxy) is 2. The number of phenols is 1. The molecule has 0 saturated carbocycles. The highest BCUT2D eigenvalue weighted by Gasteiger charge is 2.46. The third-order valence-corrected chi connectivity index (χ3v) is 7.78. The second-order valence-electron chi connectivity index (χ2n) is 10.3. The van der Waals surface area contributed by atoms with E-state index in [1.807, 2.05) is 0 Å². The SMILES string of the molecule is Cc1cccc2c1C(=O)c1c(O)c3c(c(C)c1C2=O)[C@](C)(O)CC[C@@H]3OC1CC(N)C(O)C(C)O1. The van der Waals surface area contributed by atoms with Gasteiger partial charge in [0.05, 0.1) is 29.5 Å². The molecule has 1 fully saturated rings. The zero-order valence-electron chi connectivity index (χ0n) is 20.3. The minimum Gasteiger partial charge on any atom is -0.507 e.